The van der Waals surface area contributed by atoms with Crippen molar-refractivity contribution in [1.82, 2.24) is 0 Å². The molecule has 0 saturated carbocycles. The van der Waals surface area contributed by atoms with Crippen LogP contribution in [0.4, 0.5) is 5.82 Å². The number of carbonyl (C=O) groups excluding carboxylic acids is 1. The molecule has 1 heterocycles. The number of hydrogen-bond acceptors (Lipinski definition) is 3. The second-order valence-corrected chi connectivity index (χ2v) is 3.73. The Morgan fingerprint density at radius 1 is 1.11 bits per heavy atom. The minimum Gasteiger partial charge on any atom is -0.287 e. The number of ketones is 1. The standard InChI is InChI=1S/C13H11N2O3/c16-12(11-6-2-1-3-7-11)10-14-9-5-4-8-13(14)15(17)18/h1-9H,10H2/q+1. The average Bonchev–Trinajstić information content (AvgIpc) is 2.40. The van der Waals surface area contributed by atoms with Gasteiger partial charge in [0.1, 0.15) is 4.92 Å². The van der Waals surface area contributed by atoms with Crippen LogP contribution in [0, 0.1) is 10.1 Å². The summed E-state index contributed by atoms with van der Waals surface area (Å²) in [5.74, 6) is -0.253. The van der Waals surface area contributed by atoms with Gasteiger partial charge in [0.15, 0.2) is 6.20 Å². The van der Waals surface area contributed by atoms with Gasteiger partial charge < -0.3 is 0 Å². The van der Waals surface area contributed by atoms with Crippen LogP contribution in [-0.4, -0.2) is 10.7 Å². The van der Waals surface area contributed by atoms with Crippen molar-refractivity contribution < 1.29 is 14.3 Å². The molecule has 0 spiro atoms. The van der Waals surface area contributed by atoms with Crippen molar-refractivity contribution in [2.75, 3.05) is 0 Å². The number of rotatable bonds is 4. The predicted molar refractivity (Wildman–Crippen MR) is 64.1 cm³/mol. The summed E-state index contributed by atoms with van der Waals surface area (Å²) in [5, 5.41) is 10.8. The zero-order chi connectivity index (χ0) is 13.0. The number of Topliss-reactive ketones (excluding diaryl/α,β-unsaturated/α-hetero) is 1. The Balaban J connectivity index is 2.25. The third-order valence-corrected chi connectivity index (χ3v) is 2.51. The van der Waals surface area contributed by atoms with Crippen molar-refractivity contribution >= 4 is 11.6 Å². The van der Waals surface area contributed by atoms with E-state index in [0.717, 1.165) is 0 Å². The summed E-state index contributed by atoms with van der Waals surface area (Å²) >= 11 is 0. The first-order chi connectivity index (χ1) is 8.68. The van der Waals surface area contributed by atoms with Crippen LogP contribution >= 0.6 is 0 Å². The molecule has 0 atom stereocenters. The summed E-state index contributed by atoms with van der Waals surface area (Å²) < 4.78 is 1.33. The maximum Gasteiger partial charge on any atom is 0.501 e. The van der Waals surface area contributed by atoms with E-state index in [4.69, 9.17) is 0 Å². The van der Waals surface area contributed by atoms with Gasteiger partial charge >= 0.3 is 5.82 Å². The highest BCUT2D eigenvalue weighted by molar-refractivity contribution is 5.94. The monoisotopic (exact) mass is 243 g/mol. The minimum absolute atomic E-state index is 0.0405. The van der Waals surface area contributed by atoms with E-state index >= 15 is 0 Å². The molecule has 18 heavy (non-hydrogen) atoms. The van der Waals surface area contributed by atoms with Crippen molar-refractivity contribution in [3.63, 3.8) is 0 Å². The normalized spacial score (nSPS) is 10.0. The molecule has 0 aliphatic heterocycles. The smallest absolute Gasteiger partial charge is 0.287 e. The Bertz CT molecular complexity index is 582. The Kier molecular flexibility index (Phi) is 3.43. The van der Waals surface area contributed by atoms with E-state index in [9.17, 15) is 14.9 Å². The number of aromatic nitrogens is 1. The van der Waals surface area contributed by atoms with Gasteiger partial charge in [0.25, 0.3) is 0 Å². The maximum absolute atomic E-state index is 11.9. The highest BCUT2D eigenvalue weighted by Crippen LogP contribution is 2.04. The minimum atomic E-state index is -0.502. The van der Waals surface area contributed by atoms with Gasteiger partial charge in [-0.15, -0.1) is 4.57 Å². The number of hydrogen-bond donors (Lipinski definition) is 0. The lowest BCUT2D eigenvalue weighted by molar-refractivity contribution is -0.725. The summed E-state index contributed by atoms with van der Waals surface area (Å²) in [6.45, 7) is -0.0405. The predicted octanol–water partition coefficient (Wildman–Crippen LogP) is 1.77. The summed E-state index contributed by atoms with van der Waals surface area (Å²) in [7, 11) is 0. The van der Waals surface area contributed by atoms with Crippen molar-refractivity contribution in [1.29, 1.82) is 0 Å². The fourth-order valence-electron chi connectivity index (χ4n) is 1.64. The number of nitro groups is 1. The Morgan fingerprint density at radius 2 is 1.78 bits per heavy atom. The highest BCUT2D eigenvalue weighted by atomic mass is 16.6. The Morgan fingerprint density at radius 3 is 2.44 bits per heavy atom. The number of nitrogens with zero attached hydrogens (tertiary/aromatic N) is 2. The van der Waals surface area contributed by atoms with Crippen molar-refractivity contribution in [3.05, 3.63) is 70.4 Å². The van der Waals surface area contributed by atoms with E-state index in [1.54, 1.807) is 36.4 Å². The topological polar surface area (TPSA) is 64.1 Å². The summed E-state index contributed by atoms with van der Waals surface area (Å²) in [5.41, 5.74) is 0.545. The SMILES string of the molecule is O=C(C[n+]1ccccc1[N+](=O)[O-])c1ccccc1. The van der Waals surface area contributed by atoms with Crippen LogP contribution < -0.4 is 4.57 Å². The maximum atomic E-state index is 11.9. The summed E-state index contributed by atoms with van der Waals surface area (Å²) in [6, 6.07) is 13.3. The van der Waals surface area contributed by atoms with Crippen LogP contribution in [0.15, 0.2) is 54.7 Å². The van der Waals surface area contributed by atoms with Crippen LogP contribution in [0.5, 0.6) is 0 Å². The fraction of sp³-hybridized carbons (Fsp3) is 0.0769. The highest BCUT2D eigenvalue weighted by Gasteiger charge is 2.23. The lowest BCUT2D eigenvalue weighted by Crippen LogP contribution is -2.39. The van der Waals surface area contributed by atoms with Gasteiger partial charge in [-0.3, -0.25) is 14.9 Å². The van der Waals surface area contributed by atoms with E-state index in [1.165, 1.54) is 16.8 Å². The van der Waals surface area contributed by atoms with E-state index in [-0.39, 0.29) is 18.1 Å². The third kappa shape index (κ3) is 2.57. The van der Waals surface area contributed by atoms with Gasteiger partial charge in [-0.1, -0.05) is 30.3 Å². The van der Waals surface area contributed by atoms with Crippen molar-refractivity contribution in [2.24, 2.45) is 0 Å². The number of carbonyl (C=O) groups is 1. The Labute approximate surface area is 103 Å². The molecule has 0 bridgehead atoms. The van der Waals surface area contributed by atoms with Crippen LogP contribution in [0.3, 0.4) is 0 Å². The van der Waals surface area contributed by atoms with Gasteiger partial charge in [-0.25, -0.2) is 0 Å². The number of benzene rings is 1. The van der Waals surface area contributed by atoms with Gasteiger partial charge in [0.2, 0.25) is 12.3 Å². The largest absolute Gasteiger partial charge is 0.501 e. The van der Waals surface area contributed by atoms with Gasteiger partial charge in [-0.05, 0) is 6.07 Å². The second kappa shape index (κ2) is 5.18. The number of pyridine rings is 1. The van der Waals surface area contributed by atoms with Crippen molar-refractivity contribution in [3.8, 4) is 0 Å². The molecule has 2 aromatic rings. The molecule has 2 rings (SSSR count). The van der Waals surface area contributed by atoms with Crippen LogP contribution in [0.25, 0.3) is 0 Å². The lowest BCUT2D eigenvalue weighted by atomic mass is 10.1. The van der Waals surface area contributed by atoms with Gasteiger partial charge in [-0.2, -0.15) is 0 Å². The molecule has 0 amide bonds. The first-order valence-electron chi connectivity index (χ1n) is 5.39. The van der Waals surface area contributed by atoms with Crippen LogP contribution in [0.1, 0.15) is 10.4 Å². The molecule has 0 saturated heterocycles. The summed E-state index contributed by atoms with van der Waals surface area (Å²) in [6.07, 6.45) is 1.53. The van der Waals surface area contributed by atoms with E-state index in [0.29, 0.717) is 5.56 Å². The molecule has 0 aliphatic carbocycles. The molecule has 0 N–H and O–H groups in total. The molecule has 5 nitrogen and oxygen atoms in total. The molecule has 0 unspecified atom stereocenters. The molecule has 90 valence electrons. The Hall–Kier alpha value is -2.56. The quantitative estimate of drug-likeness (QED) is 0.356. The van der Waals surface area contributed by atoms with Crippen LogP contribution in [0.2, 0.25) is 0 Å². The zero-order valence-corrected chi connectivity index (χ0v) is 9.52. The second-order valence-electron chi connectivity index (χ2n) is 3.73. The van der Waals surface area contributed by atoms with E-state index in [2.05, 4.69) is 0 Å². The molecule has 5 heteroatoms. The average molecular weight is 243 g/mol. The fourth-order valence-corrected chi connectivity index (χ4v) is 1.64. The van der Waals surface area contributed by atoms with Crippen molar-refractivity contribution in [2.45, 2.75) is 6.54 Å². The molecule has 0 aliphatic rings. The molecule has 1 aromatic carbocycles. The van der Waals surface area contributed by atoms with Gasteiger partial charge in [0.05, 0.1) is 6.07 Å². The molecule has 1 aromatic heterocycles. The zero-order valence-electron chi connectivity index (χ0n) is 9.52. The molecule has 0 fully saturated rings. The molecular weight excluding hydrogens is 232 g/mol. The van der Waals surface area contributed by atoms with Gasteiger partial charge in [0, 0.05) is 11.6 Å². The molecule has 0 radical (unpaired) electrons. The molecular formula is C13H11N2O3+. The third-order valence-electron chi connectivity index (χ3n) is 2.51. The lowest BCUT2D eigenvalue weighted by Gasteiger charge is -1.98. The van der Waals surface area contributed by atoms with E-state index in [1.807, 2.05) is 6.07 Å². The van der Waals surface area contributed by atoms with E-state index < -0.39 is 4.92 Å². The first kappa shape index (κ1) is 11.9. The summed E-state index contributed by atoms with van der Waals surface area (Å²) in [4.78, 5) is 22.3. The van der Waals surface area contributed by atoms with Crippen LogP contribution in [-0.2, 0) is 6.54 Å². The first-order valence-corrected chi connectivity index (χ1v) is 5.39.